The zero-order chi connectivity index (χ0) is 13.0. The van der Waals surface area contributed by atoms with E-state index in [-0.39, 0.29) is 12.8 Å². The van der Waals surface area contributed by atoms with Gasteiger partial charge in [0, 0.05) is 25.6 Å². The maximum atomic E-state index is 5.78. The molecular formula is C13H15BrN2O2. The summed E-state index contributed by atoms with van der Waals surface area (Å²) in [4.78, 5) is 0. The van der Waals surface area contributed by atoms with E-state index in [4.69, 9.17) is 21.6 Å². The molecule has 1 unspecified atom stereocenters. The van der Waals surface area contributed by atoms with Gasteiger partial charge in [0.05, 0.1) is 4.47 Å². The van der Waals surface area contributed by atoms with Crippen LogP contribution in [0.1, 0.15) is 18.0 Å². The Morgan fingerprint density at radius 2 is 2.33 bits per heavy atom. The van der Waals surface area contributed by atoms with Crippen LogP contribution in [0, 0.1) is 12.3 Å². The summed E-state index contributed by atoms with van der Waals surface area (Å²) in [7, 11) is 0. The monoisotopic (exact) mass is 310 g/mol. The first-order valence-corrected chi connectivity index (χ1v) is 6.51. The van der Waals surface area contributed by atoms with Gasteiger partial charge in [0.15, 0.2) is 11.5 Å². The fourth-order valence-corrected chi connectivity index (χ4v) is 2.42. The second-order valence-corrected chi connectivity index (χ2v) is 4.79. The number of ether oxygens (including phenoxy) is 2. The Bertz CT molecular complexity index is 471. The second-order valence-electron chi connectivity index (χ2n) is 3.93. The Morgan fingerprint density at radius 1 is 1.50 bits per heavy atom. The maximum absolute atomic E-state index is 5.78. The van der Waals surface area contributed by atoms with Crippen molar-refractivity contribution in [1.82, 2.24) is 5.32 Å². The third-order valence-electron chi connectivity index (χ3n) is 2.75. The number of nitrogens with one attached hydrogen (secondary N) is 1. The summed E-state index contributed by atoms with van der Waals surface area (Å²) in [5.74, 6) is 4.09. The van der Waals surface area contributed by atoms with Crippen LogP contribution >= 0.6 is 15.9 Å². The lowest BCUT2D eigenvalue weighted by Crippen LogP contribution is -2.28. The Labute approximate surface area is 115 Å². The molecule has 1 aromatic rings. The number of nitrogens with two attached hydrogens (primary N) is 1. The topological polar surface area (TPSA) is 56.5 Å². The predicted octanol–water partition coefficient (Wildman–Crippen LogP) is 1.79. The van der Waals surface area contributed by atoms with Gasteiger partial charge in [0.25, 0.3) is 0 Å². The van der Waals surface area contributed by atoms with Gasteiger partial charge in [0.1, 0.15) is 0 Å². The molecule has 1 aromatic carbocycles. The van der Waals surface area contributed by atoms with Crippen LogP contribution in [-0.2, 0) is 0 Å². The van der Waals surface area contributed by atoms with Crippen molar-refractivity contribution in [1.29, 1.82) is 0 Å². The number of halogens is 1. The molecule has 1 aliphatic heterocycles. The van der Waals surface area contributed by atoms with Gasteiger partial charge in [-0.1, -0.05) is 0 Å². The molecule has 0 bridgehead atoms. The summed E-state index contributed by atoms with van der Waals surface area (Å²) in [5.41, 5.74) is 6.84. The summed E-state index contributed by atoms with van der Waals surface area (Å²) in [5, 5.41) is 3.32. The zero-order valence-corrected chi connectivity index (χ0v) is 11.5. The van der Waals surface area contributed by atoms with Gasteiger partial charge in [-0.15, -0.1) is 12.3 Å². The number of terminal acetylenes is 1. The molecule has 4 nitrogen and oxygen atoms in total. The molecule has 0 spiro atoms. The van der Waals surface area contributed by atoms with E-state index >= 15 is 0 Å². The quantitative estimate of drug-likeness (QED) is 0.643. The molecule has 0 aromatic heterocycles. The van der Waals surface area contributed by atoms with Crippen molar-refractivity contribution in [2.24, 2.45) is 5.73 Å². The number of benzene rings is 1. The zero-order valence-electron chi connectivity index (χ0n) is 9.91. The van der Waals surface area contributed by atoms with E-state index in [2.05, 4.69) is 27.2 Å². The lowest BCUT2D eigenvalue weighted by Gasteiger charge is -2.17. The van der Waals surface area contributed by atoms with Crippen molar-refractivity contribution in [2.75, 3.05) is 19.9 Å². The van der Waals surface area contributed by atoms with Crippen molar-refractivity contribution in [2.45, 2.75) is 12.5 Å². The van der Waals surface area contributed by atoms with Crippen molar-refractivity contribution >= 4 is 15.9 Å². The smallest absolute Gasteiger partial charge is 0.231 e. The second kappa shape index (κ2) is 6.10. The first kappa shape index (κ1) is 13.2. The molecule has 96 valence electrons. The van der Waals surface area contributed by atoms with E-state index in [0.29, 0.717) is 13.0 Å². The van der Waals surface area contributed by atoms with Gasteiger partial charge in [0.2, 0.25) is 6.79 Å². The molecule has 0 saturated heterocycles. The first-order chi connectivity index (χ1) is 8.76. The standard InChI is InChI=1S/C13H15BrN2O2/c1-2-3-4-16-11(7-15)9-5-10(14)13-12(6-9)17-8-18-13/h1,5-6,11,16H,3-4,7-8,15H2. The van der Waals surface area contributed by atoms with Crippen molar-refractivity contribution < 1.29 is 9.47 Å². The van der Waals surface area contributed by atoms with Crippen LogP contribution in [0.4, 0.5) is 0 Å². The Kier molecular flexibility index (Phi) is 4.48. The minimum Gasteiger partial charge on any atom is -0.454 e. The van der Waals surface area contributed by atoms with Crippen LogP contribution in [0.5, 0.6) is 11.5 Å². The Balaban J connectivity index is 2.16. The van der Waals surface area contributed by atoms with Crippen LogP contribution in [0.2, 0.25) is 0 Å². The highest BCUT2D eigenvalue weighted by Crippen LogP contribution is 2.41. The number of hydrogen-bond acceptors (Lipinski definition) is 4. The largest absolute Gasteiger partial charge is 0.454 e. The molecule has 0 radical (unpaired) electrons. The lowest BCUT2D eigenvalue weighted by atomic mass is 10.1. The molecule has 3 N–H and O–H groups in total. The van der Waals surface area contributed by atoms with Crippen LogP contribution in [0.25, 0.3) is 0 Å². The normalized spacial score (nSPS) is 14.3. The van der Waals surface area contributed by atoms with Crippen LogP contribution < -0.4 is 20.5 Å². The summed E-state index contributed by atoms with van der Waals surface area (Å²) in [6.07, 6.45) is 5.91. The van der Waals surface area contributed by atoms with Gasteiger partial charge in [-0.3, -0.25) is 0 Å². The molecule has 0 saturated carbocycles. The SMILES string of the molecule is C#CCCNC(CN)c1cc(Br)c2c(c1)OCO2. The average molecular weight is 311 g/mol. The fraction of sp³-hybridized carbons (Fsp3) is 0.385. The van der Waals surface area contributed by atoms with Gasteiger partial charge in [-0.25, -0.2) is 0 Å². The average Bonchev–Trinajstić information content (AvgIpc) is 2.83. The highest BCUT2D eigenvalue weighted by Gasteiger charge is 2.20. The van der Waals surface area contributed by atoms with Crippen molar-refractivity contribution in [3.8, 4) is 23.8 Å². The van der Waals surface area contributed by atoms with E-state index in [9.17, 15) is 0 Å². The number of rotatable bonds is 5. The predicted molar refractivity (Wildman–Crippen MR) is 73.5 cm³/mol. The number of hydrogen-bond donors (Lipinski definition) is 2. The molecule has 0 aliphatic carbocycles. The third kappa shape index (κ3) is 2.78. The Hall–Kier alpha value is -1.22. The molecule has 18 heavy (non-hydrogen) atoms. The molecule has 0 fully saturated rings. The summed E-state index contributed by atoms with van der Waals surface area (Å²) < 4.78 is 11.6. The molecule has 2 rings (SSSR count). The van der Waals surface area contributed by atoms with Gasteiger partial charge in [-0.2, -0.15) is 0 Å². The molecular weight excluding hydrogens is 296 g/mol. The van der Waals surface area contributed by atoms with E-state index in [1.807, 2.05) is 12.1 Å². The summed E-state index contributed by atoms with van der Waals surface area (Å²) in [6, 6.07) is 4.01. The minimum absolute atomic E-state index is 0.0594. The highest BCUT2D eigenvalue weighted by molar-refractivity contribution is 9.10. The van der Waals surface area contributed by atoms with E-state index in [1.54, 1.807) is 0 Å². The van der Waals surface area contributed by atoms with Crippen molar-refractivity contribution in [3.05, 3.63) is 22.2 Å². The van der Waals surface area contributed by atoms with Crippen LogP contribution in [0.3, 0.4) is 0 Å². The van der Waals surface area contributed by atoms with Crippen LogP contribution in [-0.4, -0.2) is 19.9 Å². The highest BCUT2D eigenvalue weighted by atomic mass is 79.9. The van der Waals surface area contributed by atoms with Gasteiger partial charge < -0.3 is 20.5 Å². The van der Waals surface area contributed by atoms with E-state index in [0.717, 1.165) is 28.1 Å². The Morgan fingerprint density at radius 3 is 3.06 bits per heavy atom. The van der Waals surface area contributed by atoms with E-state index < -0.39 is 0 Å². The molecule has 5 heteroatoms. The van der Waals surface area contributed by atoms with Gasteiger partial charge >= 0.3 is 0 Å². The minimum atomic E-state index is 0.0594. The summed E-state index contributed by atoms with van der Waals surface area (Å²) in [6.45, 7) is 1.50. The van der Waals surface area contributed by atoms with Crippen LogP contribution in [0.15, 0.2) is 16.6 Å². The maximum Gasteiger partial charge on any atom is 0.231 e. The third-order valence-corrected chi connectivity index (χ3v) is 3.34. The molecule has 1 heterocycles. The van der Waals surface area contributed by atoms with E-state index in [1.165, 1.54) is 0 Å². The first-order valence-electron chi connectivity index (χ1n) is 5.72. The molecule has 0 amide bonds. The molecule has 1 aliphatic rings. The van der Waals surface area contributed by atoms with Gasteiger partial charge in [-0.05, 0) is 33.6 Å². The molecule has 1 atom stereocenters. The van der Waals surface area contributed by atoms with Crippen molar-refractivity contribution in [3.63, 3.8) is 0 Å². The fourth-order valence-electron chi connectivity index (χ4n) is 1.84. The number of fused-ring (bicyclic) bond motifs is 1. The summed E-state index contributed by atoms with van der Waals surface area (Å²) >= 11 is 3.47. The lowest BCUT2D eigenvalue weighted by molar-refractivity contribution is 0.173.